The molecule has 2 N–H and O–H groups in total. The molecule has 0 aliphatic carbocycles. The minimum absolute atomic E-state index is 0.0143. The smallest absolute Gasteiger partial charge is 0.324 e. The molecule has 2 rings (SSSR count). The lowest BCUT2D eigenvalue weighted by Crippen LogP contribution is -2.33. The molecule has 1 aromatic heterocycles. The lowest BCUT2D eigenvalue weighted by molar-refractivity contribution is -0.136. The number of urea groups is 1. The number of nitrogens with one attached hydrogen (secondary N) is 1. The minimum atomic E-state index is -0.990. The second kappa shape index (κ2) is 4.82. The number of aliphatic carboxylic acids is 1. The van der Waals surface area contributed by atoms with E-state index < -0.39 is 12.0 Å². The summed E-state index contributed by atoms with van der Waals surface area (Å²) in [5, 5.41) is 18.3. The second-order valence-electron chi connectivity index (χ2n) is 3.75. The van der Waals surface area contributed by atoms with E-state index in [-0.39, 0.29) is 32.0 Å². The topological polar surface area (TPSA) is 117 Å². The van der Waals surface area contributed by atoms with E-state index in [2.05, 4.69) is 15.6 Å². The Balaban J connectivity index is 1.90. The van der Waals surface area contributed by atoms with Crippen molar-refractivity contribution >= 4 is 17.9 Å². The fourth-order valence-electron chi connectivity index (χ4n) is 1.57. The third-order valence-corrected chi connectivity index (χ3v) is 2.41. The van der Waals surface area contributed by atoms with Crippen molar-refractivity contribution < 1.29 is 19.5 Å². The Bertz CT molecular complexity index is 481. The van der Waals surface area contributed by atoms with Gasteiger partial charge in [0.1, 0.15) is 0 Å². The molecular weight excluding hydrogens is 242 g/mol. The van der Waals surface area contributed by atoms with Gasteiger partial charge in [0.25, 0.3) is 0 Å². The Labute approximate surface area is 101 Å². The molecule has 0 aromatic carbocycles. The molecule has 2 heterocycles. The Morgan fingerprint density at radius 2 is 2.22 bits per heavy atom. The van der Waals surface area contributed by atoms with Crippen LogP contribution in [-0.2, 0) is 22.6 Å². The molecule has 96 valence electrons. The Morgan fingerprint density at radius 3 is 2.83 bits per heavy atom. The molecule has 1 aliphatic rings. The van der Waals surface area contributed by atoms with Crippen LogP contribution in [0.5, 0.6) is 0 Å². The number of rotatable bonds is 5. The molecule has 0 unspecified atom stereocenters. The fraction of sp³-hybridized carbons (Fsp3) is 0.444. The van der Waals surface area contributed by atoms with Crippen LogP contribution < -0.4 is 5.32 Å². The molecule has 0 saturated carbocycles. The minimum Gasteiger partial charge on any atom is -0.481 e. The van der Waals surface area contributed by atoms with Crippen molar-refractivity contribution in [2.75, 3.05) is 13.1 Å². The van der Waals surface area contributed by atoms with Crippen molar-refractivity contribution in [3.05, 3.63) is 11.9 Å². The Morgan fingerprint density at radius 1 is 1.44 bits per heavy atom. The van der Waals surface area contributed by atoms with Gasteiger partial charge in [0, 0.05) is 6.20 Å². The first-order chi connectivity index (χ1) is 8.56. The summed E-state index contributed by atoms with van der Waals surface area (Å²) in [4.78, 5) is 34.0. The number of amides is 3. The molecule has 0 bridgehead atoms. The maximum absolute atomic E-state index is 11.3. The van der Waals surface area contributed by atoms with Crippen LogP contribution in [0.4, 0.5) is 4.79 Å². The lowest BCUT2D eigenvalue weighted by Gasteiger charge is -2.11. The summed E-state index contributed by atoms with van der Waals surface area (Å²) in [6, 6.07) is -0.425. The van der Waals surface area contributed by atoms with Gasteiger partial charge in [0.15, 0.2) is 0 Å². The van der Waals surface area contributed by atoms with Crippen molar-refractivity contribution in [1.29, 1.82) is 0 Å². The van der Waals surface area contributed by atoms with Crippen LogP contribution in [-0.4, -0.2) is 56.0 Å². The average molecular weight is 253 g/mol. The number of aromatic nitrogens is 3. The molecule has 1 aliphatic heterocycles. The van der Waals surface area contributed by atoms with Crippen LogP contribution >= 0.6 is 0 Å². The first-order valence-corrected chi connectivity index (χ1v) is 5.25. The predicted molar refractivity (Wildman–Crippen MR) is 56.5 cm³/mol. The molecule has 1 aromatic rings. The van der Waals surface area contributed by atoms with Crippen molar-refractivity contribution in [1.82, 2.24) is 25.2 Å². The first-order valence-electron chi connectivity index (χ1n) is 5.25. The zero-order chi connectivity index (χ0) is 13.1. The fourth-order valence-corrected chi connectivity index (χ4v) is 1.57. The predicted octanol–water partition coefficient (Wildman–Crippen LogP) is -1.54. The zero-order valence-corrected chi connectivity index (χ0v) is 9.37. The van der Waals surface area contributed by atoms with Gasteiger partial charge in [-0.05, 0) is 0 Å². The summed E-state index contributed by atoms with van der Waals surface area (Å²) in [5.41, 5.74) is 0.333. The van der Waals surface area contributed by atoms with Gasteiger partial charge in [-0.25, -0.2) is 4.79 Å². The molecule has 18 heavy (non-hydrogen) atoms. The summed E-state index contributed by atoms with van der Waals surface area (Å²) in [6.07, 6.45) is 1.27. The van der Waals surface area contributed by atoms with Crippen LogP contribution in [0.1, 0.15) is 5.69 Å². The number of carboxylic acids is 1. The summed E-state index contributed by atoms with van der Waals surface area (Å²) < 4.78 is 1.40. The number of hydrogen-bond acceptors (Lipinski definition) is 5. The molecule has 1 saturated heterocycles. The highest BCUT2D eigenvalue weighted by Crippen LogP contribution is 2.00. The molecule has 0 spiro atoms. The van der Waals surface area contributed by atoms with Gasteiger partial charge in [-0.15, -0.1) is 5.10 Å². The van der Waals surface area contributed by atoms with E-state index in [1.807, 2.05) is 0 Å². The van der Waals surface area contributed by atoms with Crippen molar-refractivity contribution in [2.45, 2.75) is 13.0 Å². The SMILES string of the molecule is O=C(O)Cc1cn(CCN2C(=O)CNC2=O)nn1. The number of imide groups is 1. The summed E-state index contributed by atoms with van der Waals surface area (Å²) in [6.45, 7) is 0.479. The van der Waals surface area contributed by atoms with E-state index in [1.165, 1.54) is 10.9 Å². The monoisotopic (exact) mass is 253 g/mol. The van der Waals surface area contributed by atoms with Gasteiger partial charge in [-0.3, -0.25) is 19.2 Å². The van der Waals surface area contributed by atoms with E-state index in [4.69, 9.17) is 5.11 Å². The maximum Gasteiger partial charge on any atom is 0.324 e. The lowest BCUT2D eigenvalue weighted by atomic mass is 10.3. The van der Waals surface area contributed by atoms with E-state index in [0.29, 0.717) is 5.69 Å². The van der Waals surface area contributed by atoms with Gasteiger partial charge in [-0.1, -0.05) is 5.21 Å². The quantitative estimate of drug-likeness (QED) is 0.614. The Hall–Kier alpha value is -2.45. The molecule has 1 fully saturated rings. The van der Waals surface area contributed by atoms with Gasteiger partial charge in [0.05, 0.1) is 31.7 Å². The third-order valence-electron chi connectivity index (χ3n) is 2.41. The molecule has 0 atom stereocenters. The summed E-state index contributed by atoms with van der Waals surface area (Å²) in [5.74, 6) is -1.28. The summed E-state index contributed by atoms with van der Waals surface area (Å²) >= 11 is 0. The molecular formula is C9H11N5O4. The van der Waals surface area contributed by atoms with E-state index in [0.717, 1.165) is 4.90 Å². The number of carbonyl (C=O) groups is 3. The second-order valence-corrected chi connectivity index (χ2v) is 3.75. The standard InChI is InChI=1S/C9H11N5O4/c15-7-4-10-9(18)14(7)2-1-13-5-6(11-12-13)3-8(16)17/h5H,1-4H2,(H,10,18)(H,16,17). The normalized spacial score (nSPS) is 15.0. The van der Waals surface area contributed by atoms with Crippen LogP contribution in [0.2, 0.25) is 0 Å². The maximum atomic E-state index is 11.3. The van der Waals surface area contributed by atoms with E-state index in [1.54, 1.807) is 0 Å². The third kappa shape index (κ3) is 2.62. The van der Waals surface area contributed by atoms with Gasteiger partial charge >= 0.3 is 12.0 Å². The van der Waals surface area contributed by atoms with Crippen molar-refractivity contribution in [2.24, 2.45) is 0 Å². The average Bonchev–Trinajstić information content (AvgIpc) is 2.84. The van der Waals surface area contributed by atoms with Crippen LogP contribution in [0.25, 0.3) is 0 Å². The molecule has 3 amide bonds. The number of hydrogen-bond donors (Lipinski definition) is 2. The highest BCUT2D eigenvalue weighted by molar-refractivity contribution is 6.01. The molecule has 9 nitrogen and oxygen atoms in total. The van der Waals surface area contributed by atoms with E-state index in [9.17, 15) is 14.4 Å². The van der Waals surface area contributed by atoms with Crippen molar-refractivity contribution in [3.63, 3.8) is 0 Å². The number of carboxylic acid groups (broad SMARTS) is 1. The first kappa shape index (κ1) is 12.0. The summed E-state index contributed by atoms with van der Waals surface area (Å²) in [7, 11) is 0. The van der Waals surface area contributed by atoms with Gasteiger partial charge < -0.3 is 10.4 Å². The largest absolute Gasteiger partial charge is 0.481 e. The van der Waals surface area contributed by atoms with Crippen molar-refractivity contribution in [3.8, 4) is 0 Å². The van der Waals surface area contributed by atoms with Crippen LogP contribution in [0, 0.1) is 0 Å². The van der Waals surface area contributed by atoms with Gasteiger partial charge in [-0.2, -0.15) is 0 Å². The zero-order valence-electron chi connectivity index (χ0n) is 9.37. The molecule has 0 radical (unpaired) electrons. The Kier molecular flexibility index (Phi) is 3.22. The molecule has 9 heteroatoms. The van der Waals surface area contributed by atoms with Gasteiger partial charge in [0.2, 0.25) is 5.91 Å². The van der Waals surface area contributed by atoms with Crippen LogP contribution in [0.15, 0.2) is 6.20 Å². The number of carbonyl (C=O) groups excluding carboxylic acids is 2. The highest BCUT2D eigenvalue weighted by Gasteiger charge is 2.27. The number of nitrogens with zero attached hydrogens (tertiary/aromatic N) is 4. The highest BCUT2D eigenvalue weighted by atomic mass is 16.4. The van der Waals surface area contributed by atoms with Crippen LogP contribution in [0.3, 0.4) is 0 Å². The van der Waals surface area contributed by atoms with E-state index >= 15 is 0 Å².